The second-order valence-corrected chi connectivity index (χ2v) is 9.15. The number of ether oxygens (including phenoxy) is 3. The molecule has 0 aliphatic heterocycles. The molecule has 0 N–H and O–H groups in total. The predicted molar refractivity (Wildman–Crippen MR) is 140 cm³/mol. The van der Waals surface area contributed by atoms with Crippen LogP contribution in [0.3, 0.4) is 0 Å². The third-order valence-corrected chi connectivity index (χ3v) is 6.66. The highest BCUT2D eigenvalue weighted by molar-refractivity contribution is 7.10. The van der Waals surface area contributed by atoms with E-state index in [0.717, 1.165) is 16.0 Å². The van der Waals surface area contributed by atoms with Gasteiger partial charge >= 0.3 is 5.97 Å². The number of methoxy groups -OCH3 is 2. The van der Waals surface area contributed by atoms with Crippen LogP contribution in [0.25, 0.3) is 0 Å². The molecule has 8 nitrogen and oxygen atoms in total. The summed E-state index contributed by atoms with van der Waals surface area (Å²) < 4.78 is 15.6. The van der Waals surface area contributed by atoms with E-state index in [2.05, 4.69) is 6.58 Å². The molecule has 0 radical (unpaired) electrons. The van der Waals surface area contributed by atoms with Gasteiger partial charge in [-0.1, -0.05) is 12.1 Å². The molecule has 2 amide bonds. The molecule has 36 heavy (non-hydrogen) atoms. The van der Waals surface area contributed by atoms with Crippen molar-refractivity contribution in [2.75, 3.05) is 40.5 Å². The van der Waals surface area contributed by atoms with E-state index in [-0.39, 0.29) is 44.4 Å². The molecule has 0 aliphatic carbocycles. The van der Waals surface area contributed by atoms with Crippen LogP contribution in [0.4, 0.5) is 0 Å². The smallest absolute Gasteiger partial charge is 0.306 e. The minimum absolute atomic E-state index is 0.0182. The normalized spacial score (nSPS) is 10.4. The number of hydrogen-bond acceptors (Lipinski definition) is 7. The first-order chi connectivity index (χ1) is 17.3. The summed E-state index contributed by atoms with van der Waals surface area (Å²) in [6, 6.07) is 7.72. The summed E-state index contributed by atoms with van der Waals surface area (Å²) in [5, 5.41) is 2.00. The lowest BCUT2D eigenvalue weighted by molar-refractivity contribution is -0.146. The fourth-order valence-corrected chi connectivity index (χ4v) is 4.53. The maximum atomic E-state index is 13.4. The highest BCUT2D eigenvalue weighted by Gasteiger charge is 2.22. The Balaban J connectivity index is 2.14. The van der Waals surface area contributed by atoms with Crippen molar-refractivity contribution in [1.29, 1.82) is 0 Å². The molecule has 1 aromatic carbocycles. The van der Waals surface area contributed by atoms with Gasteiger partial charge in [0.1, 0.15) is 6.54 Å². The van der Waals surface area contributed by atoms with Crippen molar-refractivity contribution in [3.05, 3.63) is 58.3 Å². The Hall–Kier alpha value is -3.33. The van der Waals surface area contributed by atoms with Crippen LogP contribution in [0.5, 0.6) is 11.5 Å². The molecule has 0 saturated heterocycles. The van der Waals surface area contributed by atoms with Crippen LogP contribution in [0.1, 0.15) is 35.8 Å². The van der Waals surface area contributed by atoms with E-state index in [0.29, 0.717) is 31.0 Å². The van der Waals surface area contributed by atoms with Gasteiger partial charge in [-0.15, -0.1) is 17.9 Å². The topological polar surface area (TPSA) is 85.4 Å². The molecule has 196 valence electrons. The molecule has 2 rings (SSSR count). The molecule has 2 aromatic rings. The third kappa shape index (κ3) is 8.71. The van der Waals surface area contributed by atoms with Crippen LogP contribution in [0.2, 0.25) is 0 Å². The standard InChI is InChI=1S/C27H36N2O6S/c1-6-14-28(25(30)10-11-27(32)35-7-2)19-26(31)29(18-24-20(3)13-16-36-24)15-12-21-8-9-22(33-4)23(17-21)34-5/h6,8-9,13,16-17H,1,7,10-12,14-15,18-19H2,2-5H3. The van der Waals surface area contributed by atoms with Crippen molar-refractivity contribution in [2.45, 2.75) is 39.7 Å². The molecule has 0 atom stereocenters. The quantitative estimate of drug-likeness (QED) is 0.263. The Bertz CT molecular complexity index is 1040. The number of carbonyl (C=O) groups excluding carboxylic acids is 3. The van der Waals surface area contributed by atoms with Crippen LogP contribution in [0.15, 0.2) is 42.3 Å². The zero-order valence-corrected chi connectivity index (χ0v) is 22.4. The Morgan fingerprint density at radius 1 is 1.03 bits per heavy atom. The molecule has 0 aliphatic rings. The Morgan fingerprint density at radius 2 is 1.78 bits per heavy atom. The Morgan fingerprint density at radius 3 is 2.39 bits per heavy atom. The average Bonchev–Trinajstić information content (AvgIpc) is 3.28. The number of rotatable bonds is 15. The number of esters is 1. The van der Waals surface area contributed by atoms with Crippen molar-refractivity contribution >= 4 is 29.1 Å². The minimum atomic E-state index is -0.430. The first-order valence-electron chi connectivity index (χ1n) is 11.9. The molecular weight excluding hydrogens is 480 g/mol. The number of aryl methyl sites for hydroxylation is 1. The van der Waals surface area contributed by atoms with E-state index in [1.54, 1.807) is 43.5 Å². The maximum absolute atomic E-state index is 13.4. The summed E-state index contributed by atoms with van der Waals surface area (Å²) in [7, 11) is 3.18. The number of amides is 2. The van der Waals surface area contributed by atoms with Crippen LogP contribution in [-0.4, -0.2) is 68.0 Å². The van der Waals surface area contributed by atoms with Gasteiger partial charge < -0.3 is 24.0 Å². The molecular formula is C27H36N2O6S. The molecule has 9 heteroatoms. The lowest BCUT2D eigenvalue weighted by Gasteiger charge is -2.27. The minimum Gasteiger partial charge on any atom is -0.493 e. The van der Waals surface area contributed by atoms with Gasteiger partial charge in [0.2, 0.25) is 11.8 Å². The summed E-state index contributed by atoms with van der Waals surface area (Å²) >= 11 is 1.60. The largest absolute Gasteiger partial charge is 0.493 e. The third-order valence-electron chi connectivity index (χ3n) is 5.65. The Labute approximate surface area is 217 Å². The van der Waals surface area contributed by atoms with Crippen molar-refractivity contribution in [2.24, 2.45) is 0 Å². The van der Waals surface area contributed by atoms with E-state index >= 15 is 0 Å². The zero-order valence-electron chi connectivity index (χ0n) is 21.6. The number of nitrogens with zero attached hydrogens (tertiary/aromatic N) is 2. The molecule has 0 fully saturated rings. The second kappa shape index (κ2) is 14.9. The predicted octanol–water partition coefficient (Wildman–Crippen LogP) is 4.00. The van der Waals surface area contributed by atoms with E-state index in [1.807, 2.05) is 36.6 Å². The fraction of sp³-hybridized carbons (Fsp3) is 0.444. The van der Waals surface area contributed by atoms with Crippen molar-refractivity contribution < 1.29 is 28.6 Å². The van der Waals surface area contributed by atoms with Gasteiger partial charge in [-0.2, -0.15) is 0 Å². The highest BCUT2D eigenvalue weighted by atomic mass is 32.1. The summed E-state index contributed by atoms with van der Waals surface area (Å²) in [5.41, 5.74) is 2.12. The van der Waals surface area contributed by atoms with Crippen molar-refractivity contribution in [3.8, 4) is 11.5 Å². The monoisotopic (exact) mass is 516 g/mol. The van der Waals surface area contributed by atoms with Gasteiger partial charge in [0.15, 0.2) is 11.5 Å². The van der Waals surface area contributed by atoms with Crippen LogP contribution < -0.4 is 9.47 Å². The van der Waals surface area contributed by atoms with Crippen molar-refractivity contribution in [3.63, 3.8) is 0 Å². The maximum Gasteiger partial charge on any atom is 0.306 e. The highest BCUT2D eigenvalue weighted by Crippen LogP contribution is 2.28. The zero-order chi connectivity index (χ0) is 26.5. The summed E-state index contributed by atoms with van der Waals surface area (Å²) in [6.07, 6.45) is 2.14. The van der Waals surface area contributed by atoms with Gasteiger partial charge in [-0.25, -0.2) is 0 Å². The molecule has 0 unspecified atom stereocenters. The van der Waals surface area contributed by atoms with Gasteiger partial charge in [0.25, 0.3) is 0 Å². The number of thiophene rings is 1. The SMILES string of the molecule is C=CCN(CC(=O)N(CCc1ccc(OC)c(OC)c1)Cc1sccc1C)C(=O)CCC(=O)OCC. The lowest BCUT2D eigenvalue weighted by atomic mass is 10.1. The van der Waals surface area contributed by atoms with Crippen LogP contribution in [-0.2, 0) is 32.1 Å². The van der Waals surface area contributed by atoms with Crippen molar-refractivity contribution in [1.82, 2.24) is 9.80 Å². The van der Waals surface area contributed by atoms with Crippen LogP contribution >= 0.6 is 11.3 Å². The number of benzene rings is 1. The number of carbonyl (C=O) groups is 3. The van der Waals surface area contributed by atoms with Gasteiger partial charge in [0, 0.05) is 24.4 Å². The first-order valence-corrected chi connectivity index (χ1v) is 12.8. The van der Waals surface area contributed by atoms with E-state index in [4.69, 9.17) is 14.2 Å². The first kappa shape index (κ1) is 28.9. The van der Waals surface area contributed by atoms with E-state index in [1.165, 1.54) is 4.90 Å². The number of hydrogen-bond donors (Lipinski definition) is 0. The van der Waals surface area contributed by atoms with E-state index < -0.39 is 5.97 Å². The van der Waals surface area contributed by atoms with Gasteiger partial charge in [0.05, 0.1) is 33.8 Å². The lowest BCUT2D eigenvalue weighted by Crippen LogP contribution is -2.43. The Kier molecular flexibility index (Phi) is 12.0. The molecule has 0 saturated carbocycles. The van der Waals surface area contributed by atoms with E-state index in [9.17, 15) is 14.4 Å². The fourth-order valence-electron chi connectivity index (χ4n) is 3.61. The molecule has 0 spiro atoms. The van der Waals surface area contributed by atoms with Gasteiger partial charge in [-0.05, 0) is 55.0 Å². The average molecular weight is 517 g/mol. The van der Waals surface area contributed by atoms with Crippen LogP contribution in [0, 0.1) is 6.92 Å². The second-order valence-electron chi connectivity index (χ2n) is 8.15. The molecule has 0 bridgehead atoms. The summed E-state index contributed by atoms with van der Waals surface area (Å²) in [6.45, 7) is 8.75. The summed E-state index contributed by atoms with van der Waals surface area (Å²) in [5.74, 6) is 0.384. The summed E-state index contributed by atoms with van der Waals surface area (Å²) in [4.78, 5) is 42.1. The molecule has 1 heterocycles. The van der Waals surface area contributed by atoms with Gasteiger partial charge in [-0.3, -0.25) is 14.4 Å². The molecule has 1 aromatic heterocycles.